The summed E-state index contributed by atoms with van der Waals surface area (Å²) in [5.41, 5.74) is 5.35. The van der Waals surface area contributed by atoms with E-state index in [0.29, 0.717) is 0 Å². The van der Waals surface area contributed by atoms with Crippen molar-refractivity contribution in [3.63, 3.8) is 0 Å². The van der Waals surface area contributed by atoms with Gasteiger partial charge in [-0.3, -0.25) is 0 Å². The van der Waals surface area contributed by atoms with Crippen molar-refractivity contribution in [3.8, 4) is 0 Å². The summed E-state index contributed by atoms with van der Waals surface area (Å²) in [6.07, 6.45) is 9.90. The summed E-state index contributed by atoms with van der Waals surface area (Å²) in [5, 5.41) is 2.71. The molecule has 2 aromatic carbocycles. The van der Waals surface area contributed by atoms with Gasteiger partial charge in [-0.2, -0.15) is 0 Å². The second kappa shape index (κ2) is 3.71. The minimum Gasteiger partial charge on any atom is -0.0984 e. The summed E-state index contributed by atoms with van der Waals surface area (Å²) in [5.74, 6) is 1.49. The van der Waals surface area contributed by atoms with E-state index in [1.807, 2.05) is 12.2 Å². The summed E-state index contributed by atoms with van der Waals surface area (Å²) < 4.78 is 0. The van der Waals surface area contributed by atoms with Gasteiger partial charge in [-0.15, -0.1) is 0 Å². The molecule has 0 N–H and O–H groups in total. The second-order valence-corrected chi connectivity index (χ2v) is 5.47. The third-order valence-corrected chi connectivity index (χ3v) is 4.51. The van der Waals surface area contributed by atoms with Gasteiger partial charge in [-0.1, -0.05) is 61.7 Å². The van der Waals surface area contributed by atoms with E-state index in [9.17, 15) is 0 Å². The van der Waals surface area contributed by atoms with Gasteiger partial charge >= 0.3 is 0 Å². The van der Waals surface area contributed by atoms with E-state index >= 15 is 0 Å². The molecule has 0 aromatic heterocycles. The van der Waals surface area contributed by atoms with Crippen molar-refractivity contribution in [3.05, 3.63) is 65.8 Å². The topological polar surface area (TPSA) is 0 Å². The quantitative estimate of drug-likeness (QED) is 0.676. The van der Waals surface area contributed by atoms with Gasteiger partial charge in [0.25, 0.3) is 0 Å². The van der Waals surface area contributed by atoms with Crippen molar-refractivity contribution in [2.45, 2.75) is 12.3 Å². The molecule has 2 atom stereocenters. The predicted octanol–water partition coefficient (Wildman–Crippen LogP) is 5.26. The van der Waals surface area contributed by atoms with E-state index in [0.717, 1.165) is 11.8 Å². The molecule has 0 radical (unpaired) electrons. The fourth-order valence-electron chi connectivity index (χ4n) is 3.53. The second-order valence-electron chi connectivity index (χ2n) is 5.47. The minimum absolute atomic E-state index is 0.725. The van der Waals surface area contributed by atoms with Gasteiger partial charge in [0.05, 0.1) is 0 Å². The zero-order chi connectivity index (χ0) is 13.0. The van der Waals surface area contributed by atoms with Crippen LogP contribution in [0, 0.1) is 5.92 Å². The Kier molecular flexibility index (Phi) is 2.11. The summed E-state index contributed by atoms with van der Waals surface area (Å²) in [4.78, 5) is 0. The summed E-state index contributed by atoms with van der Waals surface area (Å²) in [6, 6.07) is 8.70. The van der Waals surface area contributed by atoms with Gasteiger partial charge in [0.15, 0.2) is 0 Å². The molecule has 0 spiro atoms. The van der Waals surface area contributed by atoms with Crippen molar-refractivity contribution >= 4 is 29.0 Å². The maximum absolute atomic E-state index is 4.01. The fraction of sp³-hybridized carbons (Fsp3) is 0.158. The van der Waals surface area contributed by atoms with Crippen molar-refractivity contribution < 1.29 is 0 Å². The van der Waals surface area contributed by atoms with Crippen molar-refractivity contribution in [1.82, 2.24) is 0 Å². The van der Waals surface area contributed by atoms with Gasteiger partial charge in [-0.05, 0) is 51.3 Å². The predicted molar refractivity (Wildman–Crippen MR) is 84.0 cm³/mol. The third kappa shape index (κ3) is 1.34. The first kappa shape index (κ1) is 10.8. The van der Waals surface area contributed by atoms with Gasteiger partial charge in [0, 0.05) is 0 Å². The average Bonchev–Trinajstić information content (AvgIpc) is 3.24. The maximum atomic E-state index is 4.01. The molecule has 2 aliphatic rings. The number of allylic oxidation sites excluding steroid dienone is 1. The van der Waals surface area contributed by atoms with Crippen LogP contribution < -0.4 is 0 Å². The average molecular weight is 244 g/mol. The Bertz CT molecular complexity index is 746. The molecule has 0 bridgehead atoms. The Morgan fingerprint density at radius 3 is 2.47 bits per heavy atom. The lowest BCUT2D eigenvalue weighted by atomic mass is 9.84. The van der Waals surface area contributed by atoms with E-state index in [-0.39, 0.29) is 0 Å². The molecule has 1 saturated carbocycles. The molecule has 0 saturated heterocycles. The van der Waals surface area contributed by atoms with Crippen LogP contribution in [0.2, 0.25) is 0 Å². The largest absolute Gasteiger partial charge is 0.0984 e. The molecule has 0 amide bonds. The van der Waals surface area contributed by atoms with Crippen molar-refractivity contribution in [1.29, 1.82) is 0 Å². The first-order valence-electron chi connectivity index (χ1n) is 6.87. The van der Waals surface area contributed by atoms with E-state index < -0.39 is 0 Å². The van der Waals surface area contributed by atoms with E-state index in [2.05, 4.69) is 49.6 Å². The van der Waals surface area contributed by atoms with Crippen molar-refractivity contribution in [2.24, 2.45) is 5.92 Å². The molecule has 2 aliphatic carbocycles. The molecule has 0 heteroatoms. The number of hydrogen-bond donors (Lipinski definition) is 0. The zero-order valence-corrected chi connectivity index (χ0v) is 10.9. The van der Waals surface area contributed by atoms with Crippen LogP contribution in [0.4, 0.5) is 0 Å². The number of hydrogen-bond acceptors (Lipinski definition) is 0. The summed E-state index contributed by atoms with van der Waals surface area (Å²) in [7, 11) is 0. The van der Waals surface area contributed by atoms with Crippen molar-refractivity contribution in [2.75, 3.05) is 0 Å². The lowest BCUT2D eigenvalue weighted by Crippen LogP contribution is -2.00. The van der Waals surface area contributed by atoms with Gasteiger partial charge in [0.2, 0.25) is 0 Å². The molecule has 2 aromatic rings. The normalized spacial score (nSPS) is 22.7. The summed E-state index contributed by atoms with van der Waals surface area (Å²) in [6.45, 7) is 8.01. The highest BCUT2D eigenvalue weighted by atomic mass is 14.4. The highest BCUT2D eigenvalue weighted by molar-refractivity contribution is 6.00. The monoisotopic (exact) mass is 244 g/mol. The van der Waals surface area contributed by atoms with Crippen LogP contribution >= 0.6 is 0 Å². The molecular formula is C19H16. The van der Waals surface area contributed by atoms with E-state index in [1.165, 1.54) is 39.4 Å². The van der Waals surface area contributed by atoms with Crippen LogP contribution in [0.25, 0.3) is 29.0 Å². The minimum atomic E-state index is 0.725. The Morgan fingerprint density at radius 1 is 1.00 bits per heavy atom. The number of fused-ring (bicyclic) bond motifs is 5. The third-order valence-electron chi connectivity index (χ3n) is 4.51. The molecule has 0 heterocycles. The summed E-state index contributed by atoms with van der Waals surface area (Å²) >= 11 is 0. The first-order chi connectivity index (χ1) is 9.35. The number of benzene rings is 2. The van der Waals surface area contributed by atoms with Gasteiger partial charge in [-0.25, -0.2) is 0 Å². The SMILES string of the molecule is C=Cc1c2c(c3ccccc3c1C=C)C1CC1C=C2. The standard InChI is InChI=1S/C19H16/c1-3-13-14(4-2)17-10-9-12-11-18(12)19(17)16-8-6-5-7-15(13)16/h3-10,12,18H,1-2,11H2. The van der Waals surface area contributed by atoms with Crippen LogP contribution in [0.15, 0.2) is 43.5 Å². The van der Waals surface area contributed by atoms with E-state index in [1.54, 1.807) is 0 Å². The molecule has 0 nitrogen and oxygen atoms in total. The van der Waals surface area contributed by atoms with Crippen LogP contribution in [-0.4, -0.2) is 0 Å². The molecule has 19 heavy (non-hydrogen) atoms. The molecule has 92 valence electrons. The first-order valence-corrected chi connectivity index (χ1v) is 6.87. The smallest absolute Gasteiger partial charge is 0.00805 e. The Morgan fingerprint density at radius 2 is 1.74 bits per heavy atom. The lowest BCUT2D eigenvalue weighted by molar-refractivity contribution is 1.01. The highest BCUT2D eigenvalue weighted by Gasteiger charge is 2.41. The number of rotatable bonds is 2. The van der Waals surface area contributed by atoms with E-state index in [4.69, 9.17) is 0 Å². The molecular weight excluding hydrogens is 228 g/mol. The Hall–Kier alpha value is -2.08. The van der Waals surface area contributed by atoms with Crippen LogP contribution in [0.5, 0.6) is 0 Å². The lowest BCUT2D eigenvalue weighted by Gasteiger charge is -2.19. The zero-order valence-electron chi connectivity index (χ0n) is 10.9. The maximum Gasteiger partial charge on any atom is -0.00805 e. The Labute approximate surface area is 113 Å². The molecule has 4 rings (SSSR count). The highest BCUT2D eigenvalue weighted by Crippen LogP contribution is 2.55. The molecule has 2 unspecified atom stereocenters. The van der Waals surface area contributed by atoms with Crippen LogP contribution in [0.3, 0.4) is 0 Å². The fourth-order valence-corrected chi connectivity index (χ4v) is 3.53. The van der Waals surface area contributed by atoms with Gasteiger partial charge in [0.1, 0.15) is 0 Å². The van der Waals surface area contributed by atoms with Crippen LogP contribution in [-0.2, 0) is 0 Å². The van der Waals surface area contributed by atoms with Crippen LogP contribution in [0.1, 0.15) is 34.6 Å². The Balaban J connectivity index is 2.23. The molecule has 1 fully saturated rings. The molecule has 0 aliphatic heterocycles. The van der Waals surface area contributed by atoms with Gasteiger partial charge < -0.3 is 0 Å².